The Balaban J connectivity index is 1.49. The SMILES string of the molecule is O=c1oc2c(c(O)c1Sc1ccc(F)cc1)c(=O)n(Cc1ccc(F)cc1)c1cc(OCCn3ccnc3)ccc21. The van der Waals surface area contributed by atoms with E-state index in [4.69, 9.17) is 9.15 Å². The van der Waals surface area contributed by atoms with Crippen LogP contribution in [0, 0.1) is 11.6 Å². The Morgan fingerprint density at radius 1 is 0.976 bits per heavy atom. The molecule has 0 aliphatic heterocycles. The summed E-state index contributed by atoms with van der Waals surface area (Å²) in [6.07, 6.45) is 5.16. The van der Waals surface area contributed by atoms with Gasteiger partial charge < -0.3 is 23.4 Å². The van der Waals surface area contributed by atoms with Crippen LogP contribution in [0.1, 0.15) is 5.56 Å². The highest BCUT2D eigenvalue weighted by atomic mass is 32.2. The summed E-state index contributed by atoms with van der Waals surface area (Å²) in [5.74, 6) is -0.936. The molecule has 8 nitrogen and oxygen atoms in total. The summed E-state index contributed by atoms with van der Waals surface area (Å²) in [5, 5.41) is 11.4. The first-order valence-corrected chi connectivity index (χ1v) is 13.3. The molecule has 0 aliphatic rings. The molecule has 0 unspecified atom stereocenters. The molecule has 3 aromatic heterocycles. The van der Waals surface area contributed by atoms with Crippen molar-refractivity contribution >= 4 is 33.6 Å². The fraction of sp³-hybridized carbons (Fsp3) is 0.100. The molecule has 41 heavy (non-hydrogen) atoms. The minimum absolute atomic E-state index is 0.0447. The van der Waals surface area contributed by atoms with Gasteiger partial charge in [0.05, 0.1) is 24.9 Å². The molecule has 0 fully saturated rings. The maximum absolute atomic E-state index is 13.9. The van der Waals surface area contributed by atoms with Crippen LogP contribution in [0.5, 0.6) is 11.5 Å². The molecule has 0 atom stereocenters. The maximum Gasteiger partial charge on any atom is 0.354 e. The van der Waals surface area contributed by atoms with E-state index < -0.39 is 28.6 Å². The van der Waals surface area contributed by atoms with Gasteiger partial charge >= 0.3 is 5.63 Å². The lowest BCUT2D eigenvalue weighted by Crippen LogP contribution is -2.23. The zero-order valence-electron chi connectivity index (χ0n) is 21.3. The summed E-state index contributed by atoms with van der Waals surface area (Å²) in [5.41, 5.74) is -0.500. The van der Waals surface area contributed by atoms with Crippen molar-refractivity contribution in [2.45, 2.75) is 22.9 Å². The Morgan fingerprint density at radius 3 is 2.41 bits per heavy atom. The van der Waals surface area contributed by atoms with Gasteiger partial charge in [0, 0.05) is 28.7 Å². The third kappa shape index (κ3) is 5.31. The second kappa shape index (κ2) is 10.9. The molecule has 0 saturated heterocycles. The van der Waals surface area contributed by atoms with E-state index in [1.807, 2.05) is 10.8 Å². The number of hydrogen-bond donors (Lipinski definition) is 1. The molecule has 0 aliphatic carbocycles. The summed E-state index contributed by atoms with van der Waals surface area (Å²) < 4.78 is 41.8. The van der Waals surface area contributed by atoms with Gasteiger partial charge in [0.15, 0.2) is 11.3 Å². The molecule has 0 amide bonds. The number of imidazole rings is 1. The molecule has 0 radical (unpaired) electrons. The molecule has 206 valence electrons. The first kappa shape index (κ1) is 26.3. The molecule has 6 rings (SSSR count). The highest BCUT2D eigenvalue weighted by molar-refractivity contribution is 7.99. The predicted molar refractivity (Wildman–Crippen MR) is 150 cm³/mol. The number of ether oxygens (including phenoxy) is 1. The van der Waals surface area contributed by atoms with Crippen LogP contribution in [0.25, 0.3) is 21.9 Å². The lowest BCUT2D eigenvalue weighted by Gasteiger charge is -2.16. The van der Waals surface area contributed by atoms with Crippen LogP contribution in [-0.4, -0.2) is 25.8 Å². The topological polar surface area (TPSA) is 99.5 Å². The van der Waals surface area contributed by atoms with Crippen molar-refractivity contribution in [3.63, 3.8) is 0 Å². The summed E-state index contributed by atoms with van der Waals surface area (Å²) in [6.45, 7) is 0.927. The van der Waals surface area contributed by atoms with Gasteiger partial charge in [0.1, 0.15) is 34.3 Å². The first-order chi connectivity index (χ1) is 19.9. The van der Waals surface area contributed by atoms with Crippen molar-refractivity contribution in [3.05, 3.63) is 123 Å². The zero-order chi connectivity index (χ0) is 28.5. The fourth-order valence-electron chi connectivity index (χ4n) is 4.48. The van der Waals surface area contributed by atoms with Gasteiger partial charge in [-0.2, -0.15) is 0 Å². The van der Waals surface area contributed by atoms with Crippen molar-refractivity contribution in [2.75, 3.05) is 6.61 Å². The number of rotatable bonds is 8. The lowest BCUT2D eigenvalue weighted by molar-refractivity contribution is 0.298. The number of fused-ring (bicyclic) bond motifs is 3. The average Bonchev–Trinajstić information content (AvgIpc) is 3.48. The Labute approximate surface area is 235 Å². The molecule has 3 aromatic carbocycles. The Kier molecular flexibility index (Phi) is 7.02. The Bertz CT molecular complexity index is 1990. The van der Waals surface area contributed by atoms with Crippen molar-refractivity contribution in [3.8, 4) is 11.5 Å². The van der Waals surface area contributed by atoms with E-state index in [-0.39, 0.29) is 22.4 Å². The van der Waals surface area contributed by atoms with E-state index >= 15 is 0 Å². The number of nitrogens with zero attached hydrogens (tertiary/aromatic N) is 3. The van der Waals surface area contributed by atoms with Crippen molar-refractivity contribution < 1.29 is 23.0 Å². The van der Waals surface area contributed by atoms with Gasteiger partial charge in [0.2, 0.25) is 0 Å². The van der Waals surface area contributed by atoms with E-state index in [0.717, 1.165) is 11.8 Å². The van der Waals surface area contributed by atoms with E-state index in [0.29, 0.717) is 40.3 Å². The monoisotopic (exact) mass is 573 g/mol. The number of benzene rings is 3. The molecule has 3 heterocycles. The molecule has 11 heteroatoms. The van der Waals surface area contributed by atoms with E-state index in [9.17, 15) is 23.5 Å². The molecule has 6 aromatic rings. The fourth-order valence-corrected chi connectivity index (χ4v) is 5.32. The van der Waals surface area contributed by atoms with Crippen LogP contribution < -0.4 is 15.9 Å². The van der Waals surface area contributed by atoms with Crippen LogP contribution in [0.4, 0.5) is 8.78 Å². The number of aromatic nitrogens is 3. The lowest BCUT2D eigenvalue weighted by atomic mass is 10.1. The number of halogens is 2. The van der Waals surface area contributed by atoms with Gasteiger partial charge in [-0.3, -0.25) is 4.79 Å². The second-order valence-corrected chi connectivity index (χ2v) is 10.3. The van der Waals surface area contributed by atoms with Gasteiger partial charge in [-0.05, 0) is 54.1 Å². The van der Waals surface area contributed by atoms with E-state index in [2.05, 4.69) is 4.98 Å². The smallest absolute Gasteiger partial charge is 0.354 e. The van der Waals surface area contributed by atoms with E-state index in [1.165, 1.54) is 41.0 Å². The third-order valence-corrected chi connectivity index (χ3v) is 7.56. The van der Waals surface area contributed by atoms with Crippen LogP contribution in [0.2, 0.25) is 0 Å². The first-order valence-electron chi connectivity index (χ1n) is 12.5. The average molecular weight is 574 g/mol. The third-order valence-electron chi connectivity index (χ3n) is 6.49. The quantitative estimate of drug-likeness (QED) is 0.238. The van der Waals surface area contributed by atoms with Gasteiger partial charge in [-0.1, -0.05) is 23.9 Å². The molecular weight excluding hydrogens is 552 g/mol. The van der Waals surface area contributed by atoms with Crippen LogP contribution in [-0.2, 0) is 13.1 Å². The maximum atomic E-state index is 13.9. The minimum atomic E-state index is -0.845. The molecular formula is C30H21F2N3O5S. The van der Waals surface area contributed by atoms with Crippen LogP contribution in [0.15, 0.2) is 109 Å². The number of hydrogen-bond acceptors (Lipinski definition) is 7. The molecule has 0 saturated carbocycles. The predicted octanol–water partition coefficient (Wildman–Crippen LogP) is 5.57. The molecule has 0 bridgehead atoms. The molecule has 1 N–H and O–H groups in total. The van der Waals surface area contributed by atoms with Crippen molar-refractivity contribution in [2.24, 2.45) is 0 Å². The Morgan fingerprint density at radius 2 is 1.71 bits per heavy atom. The van der Waals surface area contributed by atoms with Crippen LogP contribution in [0.3, 0.4) is 0 Å². The van der Waals surface area contributed by atoms with Gasteiger partial charge in [-0.15, -0.1) is 0 Å². The van der Waals surface area contributed by atoms with Gasteiger partial charge in [0.25, 0.3) is 5.56 Å². The normalized spacial score (nSPS) is 11.4. The summed E-state index contributed by atoms with van der Waals surface area (Å²) >= 11 is 0.861. The summed E-state index contributed by atoms with van der Waals surface area (Å²) in [4.78, 5) is 31.2. The van der Waals surface area contributed by atoms with Crippen molar-refractivity contribution in [1.82, 2.24) is 14.1 Å². The zero-order valence-corrected chi connectivity index (χ0v) is 22.1. The largest absolute Gasteiger partial charge is 0.505 e. The second-order valence-electron chi connectivity index (χ2n) is 9.17. The summed E-state index contributed by atoms with van der Waals surface area (Å²) in [7, 11) is 0. The Hall–Kier alpha value is -4.90. The van der Waals surface area contributed by atoms with Gasteiger partial charge in [-0.25, -0.2) is 18.6 Å². The van der Waals surface area contributed by atoms with Crippen molar-refractivity contribution in [1.29, 1.82) is 0 Å². The minimum Gasteiger partial charge on any atom is -0.505 e. The highest BCUT2D eigenvalue weighted by Gasteiger charge is 2.23. The molecule has 0 spiro atoms. The number of pyridine rings is 1. The van der Waals surface area contributed by atoms with Crippen LogP contribution >= 0.6 is 11.8 Å². The standard InChI is InChI=1S/C30H21F2N3O5S/c31-19-3-1-18(2-4-19)16-35-24-15-21(39-14-13-34-12-11-33-17-34)7-10-23(24)27-25(29(35)37)26(36)28(30(38)40-27)41-22-8-5-20(32)6-9-22/h1-12,15,17,36H,13-14,16H2. The number of aromatic hydroxyl groups is 1. The highest BCUT2D eigenvalue weighted by Crippen LogP contribution is 2.37. The van der Waals surface area contributed by atoms with E-state index in [1.54, 1.807) is 42.9 Å². The summed E-state index contributed by atoms with van der Waals surface area (Å²) in [6, 6.07) is 16.0.